The van der Waals surface area contributed by atoms with E-state index in [0.29, 0.717) is 11.5 Å². The second-order valence-corrected chi connectivity index (χ2v) is 5.89. The summed E-state index contributed by atoms with van der Waals surface area (Å²) in [5, 5.41) is 8.97. The number of imidazole rings is 1. The minimum atomic E-state index is -0.899. The molecule has 0 bridgehead atoms. The molecule has 1 atom stereocenters. The van der Waals surface area contributed by atoms with Gasteiger partial charge in [0.15, 0.2) is 0 Å². The Balaban J connectivity index is 1.93. The van der Waals surface area contributed by atoms with E-state index in [-0.39, 0.29) is 0 Å². The number of rotatable bonds is 5. The molecule has 3 aromatic rings. The topological polar surface area (TPSA) is 54.6 Å². The van der Waals surface area contributed by atoms with Crippen molar-refractivity contribution < 1.29 is 9.90 Å². The molecule has 0 aliphatic heterocycles. The number of carbonyl (C=O) groups is 1. The number of pyridine rings is 1. The quantitative estimate of drug-likeness (QED) is 0.771. The first kappa shape index (κ1) is 15.3. The van der Waals surface area contributed by atoms with Gasteiger partial charge in [0.05, 0.1) is 5.56 Å². The molecule has 2 aromatic heterocycles. The Hall–Kier alpha value is -2.62. The maximum absolute atomic E-state index is 10.9. The lowest BCUT2D eigenvalue weighted by molar-refractivity contribution is 0.0697. The third-order valence-electron chi connectivity index (χ3n) is 4.37. The lowest BCUT2D eigenvalue weighted by atomic mass is 10.00. The Kier molecular flexibility index (Phi) is 4.15. The third kappa shape index (κ3) is 2.97. The SMILES string of the molecule is CCC(C)c1cccn2c(Cc3ccc(C(=O)O)cc3)cnc12. The van der Waals surface area contributed by atoms with Crippen molar-refractivity contribution in [3.8, 4) is 0 Å². The average Bonchev–Trinajstić information content (AvgIpc) is 2.97. The van der Waals surface area contributed by atoms with E-state index in [9.17, 15) is 4.79 Å². The summed E-state index contributed by atoms with van der Waals surface area (Å²) in [5.41, 5.74) is 4.77. The van der Waals surface area contributed by atoms with E-state index in [0.717, 1.165) is 29.7 Å². The number of aromatic nitrogens is 2. The molecule has 0 saturated heterocycles. The first-order chi connectivity index (χ1) is 11.1. The smallest absolute Gasteiger partial charge is 0.335 e. The van der Waals surface area contributed by atoms with E-state index < -0.39 is 5.97 Å². The van der Waals surface area contributed by atoms with Gasteiger partial charge in [0.2, 0.25) is 0 Å². The van der Waals surface area contributed by atoms with Crippen molar-refractivity contribution in [3.63, 3.8) is 0 Å². The normalized spacial score (nSPS) is 12.4. The number of hydrogen-bond acceptors (Lipinski definition) is 2. The molecule has 0 spiro atoms. The van der Waals surface area contributed by atoms with E-state index in [1.807, 2.05) is 24.5 Å². The minimum absolute atomic E-state index is 0.311. The van der Waals surface area contributed by atoms with Gasteiger partial charge < -0.3 is 9.51 Å². The molecule has 1 aromatic carbocycles. The van der Waals surface area contributed by atoms with Gasteiger partial charge in [-0.1, -0.05) is 32.0 Å². The molecule has 118 valence electrons. The lowest BCUT2D eigenvalue weighted by Crippen LogP contribution is -2.00. The van der Waals surface area contributed by atoms with Crippen LogP contribution in [0.2, 0.25) is 0 Å². The van der Waals surface area contributed by atoms with Crippen molar-refractivity contribution in [1.29, 1.82) is 0 Å². The minimum Gasteiger partial charge on any atom is -0.478 e. The predicted octanol–water partition coefficient (Wildman–Crippen LogP) is 4.14. The van der Waals surface area contributed by atoms with Crippen molar-refractivity contribution >= 4 is 11.6 Å². The van der Waals surface area contributed by atoms with Gasteiger partial charge in [0.25, 0.3) is 0 Å². The molecule has 23 heavy (non-hydrogen) atoms. The van der Waals surface area contributed by atoms with Gasteiger partial charge in [-0.25, -0.2) is 9.78 Å². The van der Waals surface area contributed by atoms with Crippen molar-refractivity contribution in [2.45, 2.75) is 32.6 Å². The summed E-state index contributed by atoms with van der Waals surface area (Å²) in [4.78, 5) is 15.5. The number of benzene rings is 1. The summed E-state index contributed by atoms with van der Waals surface area (Å²) in [6.45, 7) is 4.40. The highest BCUT2D eigenvalue weighted by Crippen LogP contribution is 2.24. The zero-order chi connectivity index (χ0) is 16.4. The van der Waals surface area contributed by atoms with E-state index in [1.54, 1.807) is 12.1 Å². The van der Waals surface area contributed by atoms with Crippen LogP contribution in [0.1, 0.15) is 53.4 Å². The third-order valence-corrected chi connectivity index (χ3v) is 4.37. The highest BCUT2D eigenvalue weighted by atomic mass is 16.4. The summed E-state index contributed by atoms with van der Waals surface area (Å²) in [7, 11) is 0. The van der Waals surface area contributed by atoms with Crippen LogP contribution in [0.15, 0.2) is 48.8 Å². The Morgan fingerprint density at radius 3 is 2.65 bits per heavy atom. The van der Waals surface area contributed by atoms with Crippen LogP contribution in [-0.4, -0.2) is 20.5 Å². The van der Waals surface area contributed by atoms with Crippen molar-refractivity contribution in [2.75, 3.05) is 0 Å². The summed E-state index contributed by atoms with van der Waals surface area (Å²) in [6.07, 6.45) is 5.75. The number of hydrogen-bond donors (Lipinski definition) is 1. The summed E-state index contributed by atoms with van der Waals surface area (Å²) in [5.74, 6) is -0.423. The van der Waals surface area contributed by atoms with Crippen LogP contribution in [-0.2, 0) is 6.42 Å². The van der Waals surface area contributed by atoms with Crippen LogP contribution in [0.3, 0.4) is 0 Å². The van der Waals surface area contributed by atoms with E-state index in [1.165, 1.54) is 5.56 Å². The van der Waals surface area contributed by atoms with Gasteiger partial charge in [0, 0.05) is 24.5 Å². The van der Waals surface area contributed by atoms with Gasteiger partial charge in [-0.05, 0) is 41.7 Å². The molecule has 4 heteroatoms. The number of fused-ring (bicyclic) bond motifs is 1. The summed E-state index contributed by atoms with van der Waals surface area (Å²) >= 11 is 0. The molecule has 1 unspecified atom stereocenters. The molecule has 4 nitrogen and oxygen atoms in total. The second kappa shape index (κ2) is 6.24. The molecular formula is C19H20N2O2. The van der Waals surface area contributed by atoms with E-state index in [4.69, 9.17) is 5.11 Å². The average molecular weight is 308 g/mol. The van der Waals surface area contributed by atoms with Gasteiger partial charge in [-0.2, -0.15) is 0 Å². The molecule has 3 rings (SSSR count). The largest absolute Gasteiger partial charge is 0.478 e. The predicted molar refractivity (Wildman–Crippen MR) is 90.1 cm³/mol. The van der Waals surface area contributed by atoms with Crippen LogP contribution in [0.25, 0.3) is 5.65 Å². The number of carboxylic acids is 1. The standard InChI is InChI=1S/C19H20N2O2/c1-3-13(2)17-5-4-10-21-16(12-20-18(17)21)11-14-6-8-15(9-7-14)19(22)23/h4-10,12-13H,3,11H2,1-2H3,(H,22,23). The molecule has 0 aliphatic rings. The van der Waals surface area contributed by atoms with Gasteiger partial charge in [-0.15, -0.1) is 0 Å². The maximum Gasteiger partial charge on any atom is 0.335 e. The Morgan fingerprint density at radius 2 is 2.00 bits per heavy atom. The first-order valence-electron chi connectivity index (χ1n) is 7.87. The second-order valence-electron chi connectivity index (χ2n) is 5.89. The summed E-state index contributed by atoms with van der Waals surface area (Å²) < 4.78 is 2.13. The van der Waals surface area contributed by atoms with E-state index in [2.05, 4.69) is 35.4 Å². The van der Waals surface area contributed by atoms with Gasteiger partial charge >= 0.3 is 5.97 Å². The Bertz CT molecular complexity index is 834. The molecule has 2 heterocycles. The molecular weight excluding hydrogens is 288 g/mol. The lowest BCUT2D eigenvalue weighted by Gasteiger charge is -2.11. The highest BCUT2D eigenvalue weighted by Gasteiger charge is 2.12. The Labute approximate surface area is 135 Å². The molecule has 1 N–H and O–H groups in total. The zero-order valence-electron chi connectivity index (χ0n) is 13.4. The van der Waals surface area contributed by atoms with Crippen molar-refractivity contribution in [2.24, 2.45) is 0 Å². The molecule has 0 saturated carbocycles. The Morgan fingerprint density at radius 1 is 1.26 bits per heavy atom. The summed E-state index contributed by atoms with van der Waals surface area (Å²) in [6, 6.07) is 11.2. The van der Waals surface area contributed by atoms with Crippen LogP contribution < -0.4 is 0 Å². The van der Waals surface area contributed by atoms with Crippen molar-refractivity contribution in [3.05, 3.63) is 71.2 Å². The van der Waals surface area contributed by atoms with Crippen LogP contribution >= 0.6 is 0 Å². The highest BCUT2D eigenvalue weighted by molar-refractivity contribution is 5.87. The number of nitrogens with zero attached hydrogens (tertiary/aromatic N) is 2. The molecule has 0 amide bonds. The van der Waals surface area contributed by atoms with Gasteiger partial charge in [0.1, 0.15) is 5.65 Å². The van der Waals surface area contributed by atoms with Crippen molar-refractivity contribution in [1.82, 2.24) is 9.38 Å². The maximum atomic E-state index is 10.9. The van der Waals surface area contributed by atoms with E-state index >= 15 is 0 Å². The van der Waals surface area contributed by atoms with Crippen LogP contribution in [0.5, 0.6) is 0 Å². The molecule has 0 radical (unpaired) electrons. The fourth-order valence-corrected chi connectivity index (χ4v) is 2.79. The fourth-order valence-electron chi connectivity index (χ4n) is 2.79. The number of carboxylic acid groups (broad SMARTS) is 1. The molecule has 0 aliphatic carbocycles. The molecule has 0 fully saturated rings. The van der Waals surface area contributed by atoms with Crippen LogP contribution in [0, 0.1) is 0 Å². The van der Waals surface area contributed by atoms with Gasteiger partial charge in [-0.3, -0.25) is 0 Å². The van der Waals surface area contributed by atoms with Crippen LogP contribution in [0.4, 0.5) is 0 Å². The fraction of sp³-hybridized carbons (Fsp3) is 0.263. The first-order valence-corrected chi connectivity index (χ1v) is 7.87. The monoisotopic (exact) mass is 308 g/mol. The zero-order valence-corrected chi connectivity index (χ0v) is 13.4. The number of aromatic carboxylic acids is 1.